The minimum absolute atomic E-state index is 0.0239. The molecule has 148 valence electrons. The third-order valence-electron chi connectivity index (χ3n) is 4.85. The van der Waals surface area contributed by atoms with E-state index < -0.39 is 5.82 Å². The number of phenolic OH excluding ortho intramolecular Hbond substituents is 1. The highest BCUT2D eigenvalue weighted by atomic mass is 19.1. The number of fused-ring (bicyclic) bond motifs is 1. The van der Waals surface area contributed by atoms with E-state index in [9.17, 15) is 9.50 Å². The minimum Gasteiger partial charge on any atom is -0.508 e. The lowest BCUT2D eigenvalue weighted by atomic mass is 10.0. The lowest BCUT2D eigenvalue weighted by Crippen LogP contribution is -2.41. The van der Waals surface area contributed by atoms with Crippen molar-refractivity contribution in [3.05, 3.63) is 65.5 Å². The summed E-state index contributed by atoms with van der Waals surface area (Å²) in [5.41, 5.74) is 8.43. The van der Waals surface area contributed by atoms with Crippen LogP contribution in [0.2, 0.25) is 0 Å². The van der Waals surface area contributed by atoms with E-state index in [1.807, 2.05) is 19.2 Å². The van der Waals surface area contributed by atoms with Gasteiger partial charge in [-0.05, 0) is 24.3 Å². The molecule has 1 aliphatic heterocycles. The van der Waals surface area contributed by atoms with Gasteiger partial charge in [0.05, 0.1) is 28.7 Å². The van der Waals surface area contributed by atoms with Crippen molar-refractivity contribution in [3.8, 4) is 5.75 Å². The maximum atomic E-state index is 13.7. The zero-order valence-corrected chi connectivity index (χ0v) is 15.7. The summed E-state index contributed by atoms with van der Waals surface area (Å²) >= 11 is 0. The predicted molar refractivity (Wildman–Crippen MR) is 109 cm³/mol. The molecule has 1 aromatic carbocycles. The van der Waals surface area contributed by atoms with Gasteiger partial charge >= 0.3 is 0 Å². The number of nitrogens with zero attached hydrogens (tertiary/aromatic N) is 4. The second-order valence-electron chi connectivity index (χ2n) is 6.95. The molecular weight excluding hydrogens is 373 g/mol. The van der Waals surface area contributed by atoms with Gasteiger partial charge < -0.3 is 21.1 Å². The average molecular weight is 393 g/mol. The Bertz CT molecular complexity index is 1070. The molecule has 0 bridgehead atoms. The molecule has 0 saturated carbocycles. The summed E-state index contributed by atoms with van der Waals surface area (Å²) in [5, 5.41) is 21.5. The van der Waals surface area contributed by atoms with Crippen LogP contribution in [0.5, 0.6) is 5.75 Å². The first-order valence-electron chi connectivity index (χ1n) is 9.03. The number of pyridine rings is 1. The van der Waals surface area contributed by atoms with Gasteiger partial charge in [-0.1, -0.05) is 0 Å². The van der Waals surface area contributed by atoms with Gasteiger partial charge in [-0.15, -0.1) is 0 Å². The lowest BCUT2D eigenvalue weighted by molar-refractivity contribution is 0.469. The number of anilines is 3. The topological polar surface area (TPSA) is 124 Å². The molecule has 8 nitrogen and oxygen atoms in total. The Balaban J connectivity index is 1.66. The molecule has 0 aliphatic carbocycles. The van der Waals surface area contributed by atoms with Crippen molar-refractivity contribution in [2.45, 2.75) is 12.5 Å². The molecule has 0 spiro atoms. The van der Waals surface area contributed by atoms with E-state index in [1.165, 1.54) is 12.4 Å². The van der Waals surface area contributed by atoms with E-state index in [0.29, 0.717) is 18.8 Å². The van der Waals surface area contributed by atoms with Crippen molar-refractivity contribution in [2.24, 2.45) is 0 Å². The van der Waals surface area contributed by atoms with Gasteiger partial charge in [0.2, 0.25) is 0 Å². The van der Waals surface area contributed by atoms with E-state index in [0.717, 1.165) is 23.5 Å². The summed E-state index contributed by atoms with van der Waals surface area (Å²) in [5.74, 6) is -0.444. The molecule has 0 fully saturated rings. The van der Waals surface area contributed by atoms with Crippen molar-refractivity contribution in [1.29, 1.82) is 5.41 Å². The monoisotopic (exact) mass is 393 g/mol. The van der Waals surface area contributed by atoms with E-state index in [-0.39, 0.29) is 34.4 Å². The largest absolute Gasteiger partial charge is 0.508 e. The van der Waals surface area contributed by atoms with Gasteiger partial charge in [0.1, 0.15) is 29.5 Å². The summed E-state index contributed by atoms with van der Waals surface area (Å²) in [4.78, 5) is 14.8. The number of phenols is 1. The van der Waals surface area contributed by atoms with Crippen LogP contribution in [0, 0.1) is 11.2 Å². The number of likely N-dealkylation sites (N-methyl/N-ethyl adjacent to an activating group) is 1. The highest BCUT2D eigenvalue weighted by Gasteiger charge is 2.25. The Kier molecular flexibility index (Phi) is 4.71. The van der Waals surface area contributed by atoms with Gasteiger partial charge in [-0.3, -0.25) is 10.4 Å². The number of nitrogens with two attached hydrogens (primary N) is 1. The highest BCUT2D eigenvalue weighted by molar-refractivity contribution is 6.16. The fraction of sp³-hybridized carbons (Fsp3) is 0.200. The Morgan fingerprint density at radius 1 is 1.31 bits per heavy atom. The first-order chi connectivity index (χ1) is 13.9. The number of rotatable bonds is 4. The summed E-state index contributed by atoms with van der Waals surface area (Å²) in [6.07, 6.45) is 3.75. The maximum Gasteiger partial charge on any atom is 0.141 e. The smallest absolute Gasteiger partial charge is 0.141 e. The van der Waals surface area contributed by atoms with Gasteiger partial charge in [-0.2, -0.15) is 0 Å². The van der Waals surface area contributed by atoms with Gasteiger partial charge in [-0.25, -0.2) is 14.4 Å². The highest BCUT2D eigenvalue weighted by Crippen LogP contribution is 2.28. The van der Waals surface area contributed by atoms with Crippen LogP contribution in [0.1, 0.15) is 16.8 Å². The molecule has 2 aromatic heterocycles. The number of aromatic hydroxyl groups is 1. The summed E-state index contributed by atoms with van der Waals surface area (Å²) in [6, 6.07) is 7.34. The molecule has 1 aliphatic rings. The third kappa shape index (κ3) is 3.66. The number of hydrogen-bond acceptors (Lipinski definition) is 8. The molecule has 5 N–H and O–H groups in total. The zero-order valence-electron chi connectivity index (χ0n) is 15.7. The number of benzene rings is 1. The number of aromatic nitrogens is 3. The molecule has 3 heterocycles. The molecular formula is C20H20FN7O. The maximum absolute atomic E-state index is 13.7. The van der Waals surface area contributed by atoms with Gasteiger partial charge in [0.15, 0.2) is 0 Å². The predicted octanol–water partition coefficient (Wildman–Crippen LogP) is 2.19. The Morgan fingerprint density at radius 3 is 2.93 bits per heavy atom. The van der Waals surface area contributed by atoms with E-state index >= 15 is 0 Å². The van der Waals surface area contributed by atoms with Crippen LogP contribution in [0.25, 0.3) is 0 Å². The average Bonchev–Trinajstić information content (AvgIpc) is 2.67. The molecule has 3 aromatic rings. The second kappa shape index (κ2) is 7.34. The molecule has 29 heavy (non-hydrogen) atoms. The summed E-state index contributed by atoms with van der Waals surface area (Å²) in [7, 11) is 1.99. The second-order valence-corrected chi connectivity index (χ2v) is 6.95. The van der Waals surface area contributed by atoms with Crippen molar-refractivity contribution in [1.82, 2.24) is 15.0 Å². The molecule has 1 unspecified atom stereocenters. The van der Waals surface area contributed by atoms with E-state index in [4.69, 9.17) is 11.1 Å². The number of hydrogen-bond donors (Lipinski definition) is 4. The van der Waals surface area contributed by atoms with Crippen molar-refractivity contribution >= 4 is 23.0 Å². The van der Waals surface area contributed by atoms with Crippen molar-refractivity contribution in [3.63, 3.8) is 0 Å². The third-order valence-corrected chi connectivity index (χ3v) is 4.85. The van der Waals surface area contributed by atoms with Crippen LogP contribution in [0.3, 0.4) is 0 Å². The van der Waals surface area contributed by atoms with Gasteiger partial charge in [0, 0.05) is 37.8 Å². The Morgan fingerprint density at radius 2 is 2.14 bits per heavy atom. The fourth-order valence-corrected chi connectivity index (χ4v) is 3.57. The minimum atomic E-state index is -0.647. The van der Waals surface area contributed by atoms with E-state index in [2.05, 4.69) is 25.2 Å². The van der Waals surface area contributed by atoms with Crippen LogP contribution < -0.4 is 16.0 Å². The first-order valence-corrected chi connectivity index (χ1v) is 9.03. The lowest BCUT2D eigenvalue weighted by Gasteiger charge is -2.33. The fourth-order valence-electron chi connectivity index (χ4n) is 3.57. The zero-order chi connectivity index (χ0) is 20.5. The standard InChI is InChI=1S/C20H20FN7O/c1-28-9-13(8-15-16(28)3-2-4-24-15)27-20-17(19(23)25-10-26-20)18(22)11-5-12(21)7-14(29)6-11/h2-7,10,13,22,29H,8-9H2,1H3,(H3,23,25,26,27). The molecule has 0 saturated heterocycles. The summed E-state index contributed by atoms with van der Waals surface area (Å²) < 4.78 is 13.7. The normalized spacial score (nSPS) is 15.7. The number of halogens is 1. The van der Waals surface area contributed by atoms with Crippen LogP contribution in [0.4, 0.5) is 21.7 Å². The van der Waals surface area contributed by atoms with Crippen LogP contribution in [-0.2, 0) is 6.42 Å². The van der Waals surface area contributed by atoms with Crippen LogP contribution in [-0.4, -0.2) is 45.4 Å². The van der Waals surface area contributed by atoms with Gasteiger partial charge in [0.25, 0.3) is 0 Å². The Labute approximate surface area is 166 Å². The van der Waals surface area contributed by atoms with Crippen molar-refractivity contribution < 1.29 is 9.50 Å². The molecule has 0 radical (unpaired) electrons. The van der Waals surface area contributed by atoms with Crippen LogP contribution >= 0.6 is 0 Å². The molecule has 9 heteroatoms. The number of nitrogen functional groups attached to an aromatic ring is 1. The van der Waals surface area contributed by atoms with Crippen molar-refractivity contribution in [2.75, 3.05) is 29.5 Å². The first kappa shape index (κ1) is 18.6. The van der Waals surface area contributed by atoms with Crippen LogP contribution in [0.15, 0.2) is 42.9 Å². The quantitative estimate of drug-likeness (QED) is 0.501. The summed E-state index contributed by atoms with van der Waals surface area (Å²) in [6.45, 7) is 0.704. The van der Waals surface area contributed by atoms with E-state index in [1.54, 1.807) is 6.20 Å². The number of nitrogens with one attached hydrogen (secondary N) is 2. The molecule has 1 atom stereocenters. The Hall–Kier alpha value is -3.75. The SMILES string of the molecule is CN1CC(Nc2ncnc(N)c2C(=N)c2cc(O)cc(F)c2)Cc2ncccc21. The molecule has 0 amide bonds. The molecule has 4 rings (SSSR count).